The Morgan fingerprint density at radius 2 is 1.09 bits per heavy atom. The van der Waals surface area contributed by atoms with E-state index in [1.54, 1.807) is 12.1 Å². The molecule has 0 aliphatic rings. The summed E-state index contributed by atoms with van der Waals surface area (Å²) in [4.78, 5) is 0.266. The minimum Gasteiger partial charge on any atom is -0.298 e. The first-order chi connectivity index (χ1) is 16.0. The maximum atomic E-state index is 13.0. The van der Waals surface area contributed by atoms with E-state index < -0.39 is 10.0 Å². The highest BCUT2D eigenvalue weighted by atomic mass is 32.2. The maximum Gasteiger partial charge on any atom is 0.240 e. The summed E-state index contributed by atoms with van der Waals surface area (Å²) in [6.45, 7) is 2.16. The summed E-state index contributed by atoms with van der Waals surface area (Å²) in [5, 5.41) is 3.71. The predicted molar refractivity (Wildman–Crippen MR) is 133 cm³/mol. The number of hydrogen-bond donors (Lipinski definition) is 2. The van der Waals surface area contributed by atoms with Gasteiger partial charge in [-0.1, -0.05) is 109 Å². The quantitative estimate of drug-likeness (QED) is 0.355. The smallest absolute Gasteiger partial charge is 0.240 e. The van der Waals surface area contributed by atoms with Crippen molar-refractivity contribution >= 4 is 10.0 Å². The molecule has 0 heterocycles. The molecule has 0 amide bonds. The Bertz CT molecular complexity index is 1200. The number of sulfonamides is 1. The lowest BCUT2D eigenvalue weighted by molar-refractivity contribution is 0.475. The van der Waals surface area contributed by atoms with Crippen molar-refractivity contribution in [1.29, 1.82) is 0 Å². The standard InChI is InChI=1S/C28H28N2O2S/c1-22-17-19-26(20-18-22)33(31,32)29-21-27(23-11-5-2-6-12-23)30-28(24-13-7-3-8-14-24)25-15-9-4-10-16-25/h2-20,27-30H,21H2,1H3/t27-/m1/s1. The van der Waals surface area contributed by atoms with Crippen molar-refractivity contribution in [1.82, 2.24) is 10.0 Å². The van der Waals surface area contributed by atoms with Crippen molar-refractivity contribution in [3.8, 4) is 0 Å². The Morgan fingerprint density at radius 3 is 1.58 bits per heavy atom. The molecular weight excluding hydrogens is 428 g/mol. The van der Waals surface area contributed by atoms with Gasteiger partial charge in [0.05, 0.1) is 10.9 Å². The summed E-state index contributed by atoms with van der Waals surface area (Å²) in [7, 11) is -3.64. The second-order valence-electron chi connectivity index (χ2n) is 8.05. The van der Waals surface area contributed by atoms with Crippen LogP contribution in [0.25, 0.3) is 0 Å². The van der Waals surface area contributed by atoms with Gasteiger partial charge < -0.3 is 0 Å². The van der Waals surface area contributed by atoms with Crippen molar-refractivity contribution in [2.75, 3.05) is 6.54 Å². The van der Waals surface area contributed by atoms with Gasteiger partial charge in [-0.2, -0.15) is 0 Å². The van der Waals surface area contributed by atoms with Crippen molar-refractivity contribution in [2.24, 2.45) is 0 Å². The van der Waals surface area contributed by atoms with Crippen molar-refractivity contribution < 1.29 is 8.42 Å². The van der Waals surface area contributed by atoms with Crippen LogP contribution in [0.2, 0.25) is 0 Å². The number of aryl methyl sites for hydroxylation is 1. The van der Waals surface area contributed by atoms with Gasteiger partial charge in [-0.15, -0.1) is 0 Å². The summed E-state index contributed by atoms with van der Waals surface area (Å²) in [6.07, 6.45) is 0. The summed E-state index contributed by atoms with van der Waals surface area (Å²) in [5.41, 5.74) is 4.27. The lowest BCUT2D eigenvalue weighted by Crippen LogP contribution is -2.37. The summed E-state index contributed by atoms with van der Waals surface area (Å²) >= 11 is 0. The van der Waals surface area contributed by atoms with E-state index in [0.29, 0.717) is 0 Å². The van der Waals surface area contributed by atoms with Gasteiger partial charge in [0.15, 0.2) is 0 Å². The molecule has 1 atom stereocenters. The van der Waals surface area contributed by atoms with E-state index in [9.17, 15) is 8.42 Å². The molecule has 0 saturated heterocycles. The largest absolute Gasteiger partial charge is 0.298 e. The van der Waals surface area contributed by atoms with E-state index >= 15 is 0 Å². The lowest BCUT2D eigenvalue weighted by atomic mass is 9.96. The Balaban J connectivity index is 1.63. The van der Waals surface area contributed by atoms with Crippen molar-refractivity contribution in [3.63, 3.8) is 0 Å². The topological polar surface area (TPSA) is 58.2 Å². The first kappa shape index (κ1) is 22.9. The highest BCUT2D eigenvalue weighted by molar-refractivity contribution is 7.89. The Morgan fingerprint density at radius 1 is 0.636 bits per heavy atom. The molecular formula is C28H28N2O2S. The Labute approximate surface area is 196 Å². The van der Waals surface area contributed by atoms with Crippen LogP contribution in [0.1, 0.15) is 34.3 Å². The molecule has 0 unspecified atom stereocenters. The second kappa shape index (κ2) is 10.6. The van der Waals surface area contributed by atoms with E-state index in [0.717, 1.165) is 22.3 Å². The first-order valence-electron chi connectivity index (χ1n) is 11.0. The zero-order valence-electron chi connectivity index (χ0n) is 18.6. The molecule has 5 heteroatoms. The SMILES string of the molecule is Cc1ccc(S(=O)(=O)NC[C@@H](NC(c2ccccc2)c2ccccc2)c2ccccc2)cc1. The van der Waals surface area contributed by atoms with E-state index in [4.69, 9.17) is 0 Å². The molecule has 0 aromatic heterocycles. The summed E-state index contributed by atoms with van der Waals surface area (Å²) < 4.78 is 28.7. The van der Waals surface area contributed by atoms with E-state index in [1.165, 1.54) is 0 Å². The minimum atomic E-state index is -3.64. The summed E-state index contributed by atoms with van der Waals surface area (Å²) in [6, 6.07) is 36.9. The van der Waals surface area contributed by atoms with Crippen molar-refractivity contribution in [2.45, 2.75) is 23.9 Å². The monoisotopic (exact) mass is 456 g/mol. The molecule has 33 heavy (non-hydrogen) atoms. The van der Waals surface area contributed by atoms with Gasteiger partial charge in [0.1, 0.15) is 0 Å². The van der Waals surface area contributed by atoms with Crippen LogP contribution in [-0.4, -0.2) is 15.0 Å². The molecule has 0 aliphatic carbocycles. The van der Waals surface area contributed by atoms with Crippen molar-refractivity contribution in [3.05, 3.63) is 138 Å². The highest BCUT2D eigenvalue weighted by Gasteiger charge is 2.22. The first-order valence-corrected chi connectivity index (χ1v) is 12.5. The number of hydrogen-bond acceptors (Lipinski definition) is 3. The van der Waals surface area contributed by atoms with Gasteiger partial charge in [0, 0.05) is 12.6 Å². The van der Waals surface area contributed by atoms with Crippen LogP contribution in [-0.2, 0) is 10.0 Å². The molecule has 0 aliphatic heterocycles. The normalized spacial score (nSPS) is 12.5. The summed E-state index contributed by atoms with van der Waals surface area (Å²) in [5.74, 6) is 0. The lowest BCUT2D eigenvalue weighted by Gasteiger charge is -2.27. The molecule has 2 N–H and O–H groups in total. The van der Waals surface area contributed by atoms with Crippen LogP contribution >= 0.6 is 0 Å². The fraction of sp³-hybridized carbons (Fsp3) is 0.143. The van der Waals surface area contributed by atoms with Gasteiger partial charge in [0.25, 0.3) is 0 Å². The average Bonchev–Trinajstić information content (AvgIpc) is 2.86. The molecule has 4 aromatic carbocycles. The molecule has 168 valence electrons. The molecule has 0 radical (unpaired) electrons. The fourth-order valence-electron chi connectivity index (χ4n) is 3.83. The zero-order valence-corrected chi connectivity index (χ0v) is 19.4. The van der Waals surface area contributed by atoms with Crippen LogP contribution in [0.3, 0.4) is 0 Å². The molecule has 4 nitrogen and oxygen atoms in total. The van der Waals surface area contributed by atoms with Gasteiger partial charge in [-0.25, -0.2) is 13.1 Å². The van der Waals surface area contributed by atoms with E-state index in [2.05, 4.69) is 34.3 Å². The predicted octanol–water partition coefficient (Wildman–Crippen LogP) is 5.39. The fourth-order valence-corrected chi connectivity index (χ4v) is 4.88. The third-order valence-electron chi connectivity index (χ3n) is 5.64. The molecule has 0 spiro atoms. The van der Waals surface area contributed by atoms with Gasteiger partial charge in [-0.05, 0) is 35.7 Å². The third-order valence-corrected chi connectivity index (χ3v) is 7.08. The van der Waals surface area contributed by atoms with E-state index in [-0.39, 0.29) is 23.5 Å². The van der Waals surface area contributed by atoms with Gasteiger partial charge in [-0.3, -0.25) is 5.32 Å². The molecule has 0 bridgehead atoms. The van der Waals surface area contributed by atoms with Gasteiger partial charge in [0.2, 0.25) is 10.0 Å². The number of benzene rings is 4. The highest BCUT2D eigenvalue weighted by Crippen LogP contribution is 2.26. The van der Waals surface area contributed by atoms with Crippen LogP contribution < -0.4 is 10.0 Å². The Kier molecular flexibility index (Phi) is 7.35. The van der Waals surface area contributed by atoms with Crippen LogP contribution in [0.5, 0.6) is 0 Å². The number of rotatable bonds is 9. The molecule has 4 aromatic rings. The molecule has 0 saturated carbocycles. The van der Waals surface area contributed by atoms with Crippen LogP contribution in [0, 0.1) is 6.92 Å². The number of nitrogens with one attached hydrogen (secondary N) is 2. The van der Waals surface area contributed by atoms with Crippen LogP contribution in [0.4, 0.5) is 0 Å². The van der Waals surface area contributed by atoms with E-state index in [1.807, 2.05) is 85.8 Å². The maximum absolute atomic E-state index is 13.0. The average molecular weight is 457 g/mol. The zero-order chi connectivity index (χ0) is 23.1. The Hall–Kier alpha value is -3.25. The molecule has 4 rings (SSSR count). The second-order valence-corrected chi connectivity index (χ2v) is 9.82. The van der Waals surface area contributed by atoms with Crippen LogP contribution in [0.15, 0.2) is 120 Å². The molecule has 0 fully saturated rings. The third kappa shape index (κ3) is 5.96. The van der Waals surface area contributed by atoms with Gasteiger partial charge >= 0.3 is 0 Å². The minimum absolute atomic E-state index is 0.0958.